The Labute approximate surface area is 126 Å². The average molecular weight is 292 g/mol. The highest BCUT2D eigenvalue weighted by atomic mass is 19.1. The molecule has 0 saturated heterocycles. The predicted octanol–water partition coefficient (Wildman–Crippen LogP) is 3.37. The second-order valence-electron chi connectivity index (χ2n) is 5.26. The number of fused-ring (bicyclic) bond motifs is 1. The summed E-state index contributed by atoms with van der Waals surface area (Å²) in [6.45, 7) is 2.52. The van der Waals surface area contributed by atoms with Crippen LogP contribution in [0.1, 0.15) is 16.7 Å². The summed E-state index contributed by atoms with van der Waals surface area (Å²) < 4.78 is 15.2. The number of benzene rings is 2. The van der Waals surface area contributed by atoms with Crippen molar-refractivity contribution in [3.05, 3.63) is 81.4 Å². The van der Waals surface area contributed by atoms with Crippen molar-refractivity contribution in [1.82, 2.24) is 4.57 Å². The van der Waals surface area contributed by atoms with Crippen LogP contribution in [0.25, 0.3) is 10.9 Å². The summed E-state index contributed by atoms with van der Waals surface area (Å²) in [5.41, 5.74) is 2.41. The van der Waals surface area contributed by atoms with Crippen molar-refractivity contribution in [2.75, 3.05) is 0 Å². The summed E-state index contributed by atoms with van der Waals surface area (Å²) in [4.78, 5) is 12.2. The SMILES string of the molecule is Cc1ccc(Cn2cc(C#N)c(=O)c3cc(F)ccc32)cc1. The molecule has 0 N–H and O–H groups in total. The fourth-order valence-corrected chi connectivity index (χ4v) is 2.47. The van der Waals surface area contributed by atoms with E-state index in [4.69, 9.17) is 5.26 Å². The molecule has 4 heteroatoms. The molecule has 0 unspecified atom stereocenters. The molecule has 0 radical (unpaired) electrons. The van der Waals surface area contributed by atoms with Crippen LogP contribution in [0.15, 0.2) is 53.5 Å². The molecule has 1 heterocycles. The minimum absolute atomic E-state index is 0.0187. The molecule has 3 rings (SSSR count). The molecule has 0 aliphatic rings. The van der Waals surface area contributed by atoms with Crippen LogP contribution < -0.4 is 5.43 Å². The molecule has 0 spiro atoms. The van der Waals surface area contributed by atoms with Gasteiger partial charge in [-0.2, -0.15) is 5.26 Å². The van der Waals surface area contributed by atoms with E-state index in [9.17, 15) is 9.18 Å². The van der Waals surface area contributed by atoms with E-state index in [1.807, 2.05) is 37.3 Å². The Balaban J connectivity index is 2.20. The standard InChI is InChI=1S/C18H13FN2O/c1-12-2-4-13(5-3-12)10-21-11-14(9-20)18(22)16-8-15(19)6-7-17(16)21/h2-8,11H,10H2,1H3. The van der Waals surface area contributed by atoms with Gasteiger partial charge in [0.25, 0.3) is 0 Å². The molecule has 0 saturated carbocycles. The smallest absolute Gasteiger partial charge is 0.207 e. The van der Waals surface area contributed by atoms with Gasteiger partial charge >= 0.3 is 0 Å². The highest BCUT2D eigenvalue weighted by Gasteiger charge is 2.10. The molecular weight excluding hydrogens is 279 g/mol. The summed E-state index contributed by atoms with van der Waals surface area (Å²) in [7, 11) is 0. The van der Waals surface area contributed by atoms with Crippen molar-refractivity contribution in [1.29, 1.82) is 5.26 Å². The van der Waals surface area contributed by atoms with Gasteiger partial charge in [0.15, 0.2) is 0 Å². The first kappa shape index (κ1) is 14.0. The number of hydrogen-bond donors (Lipinski definition) is 0. The van der Waals surface area contributed by atoms with Gasteiger partial charge in [0.05, 0.1) is 5.52 Å². The topological polar surface area (TPSA) is 45.8 Å². The van der Waals surface area contributed by atoms with Crippen molar-refractivity contribution in [3.63, 3.8) is 0 Å². The molecule has 2 aromatic carbocycles. The number of aryl methyl sites for hydroxylation is 1. The lowest BCUT2D eigenvalue weighted by atomic mass is 10.1. The molecule has 108 valence electrons. The van der Waals surface area contributed by atoms with Crippen LogP contribution in [-0.2, 0) is 6.54 Å². The Bertz CT molecular complexity index is 950. The van der Waals surface area contributed by atoms with Crippen LogP contribution in [0.4, 0.5) is 4.39 Å². The second kappa shape index (κ2) is 5.45. The van der Waals surface area contributed by atoms with Gasteiger partial charge in [0, 0.05) is 18.1 Å². The molecular formula is C18H13FN2O. The lowest BCUT2D eigenvalue weighted by Crippen LogP contribution is -2.13. The van der Waals surface area contributed by atoms with E-state index in [0.29, 0.717) is 12.1 Å². The maximum atomic E-state index is 13.4. The van der Waals surface area contributed by atoms with E-state index in [-0.39, 0.29) is 10.9 Å². The van der Waals surface area contributed by atoms with Gasteiger partial charge in [-0.25, -0.2) is 4.39 Å². The van der Waals surface area contributed by atoms with Crippen molar-refractivity contribution >= 4 is 10.9 Å². The summed E-state index contributed by atoms with van der Waals surface area (Å²) in [5, 5.41) is 9.34. The molecule has 1 aromatic heterocycles. The Hall–Kier alpha value is -2.93. The molecule has 3 aromatic rings. The highest BCUT2D eigenvalue weighted by Crippen LogP contribution is 2.16. The van der Waals surface area contributed by atoms with Crippen LogP contribution in [0.3, 0.4) is 0 Å². The summed E-state index contributed by atoms with van der Waals surface area (Å²) in [6, 6.07) is 14.0. The zero-order chi connectivity index (χ0) is 15.7. The van der Waals surface area contributed by atoms with Crippen molar-refractivity contribution < 1.29 is 4.39 Å². The minimum Gasteiger partial charge on any atom is -0.341 e. The third-order valence-corrected chi connectivity index (χ3v) is 3.64. The maximum absolute atomic E-state index is 13.4. The molecule has 0 amide bonds. The first-order valence-corrected chi connectivity index (χ1v) is 6.87. The normalized spacial score (nSPS) is 10.6. The maximum Gasteiger partial charge on any atom is 0.207 e. The molecule has 3 nitrogen and oxygen atoms in total. The Morgan fingerprint density at radius 3 is 2.59 bits per heavy atom. The van der Waals surface area contributed by atoms with Crippen LogP contribution in [0.2, 0.25) is 0 Å². The zero-order valence-corrected chi connectivity index (χ0v) is 12.0. The fraction of sp³-hybridized carbons (Fsp3) is 0.111. The van der Waals surface area contributed by atoms with Crippen LogP contribution in [0.5, 0.6) is 0 Å². The number of halogens is 1. The van der Waals surface area contributed by atoms with Gasteiger partial charge in [-0.1, -0.05) is 29.8 Å². The lowest BCUT2D eigenvalue weighted by molar-refractivity contribution is 0.629. The minimum atomic E-state index is -0.485. The van der Waals surface area contributed by atoms with E-state index in [2.05, 4.69) is 0 Å². The second-order valence-corrected chi connectivity index (χ2v) is 5.26. The monoisotopic (exact) mass is 292 g/mol. The predicted molar refractivity (Wildman–Crippen MR) is 83.2 cm³/mol. The number of hydrogen-bond acceptors (Lipinski definition) is 2. The number of nitriles is 1. The number of pyridine rings is 1. The van der Waals surface area contributed by atoms with Gasteiger partial charge in [0.1, 0.15) is 17.4 Å². The molecule has 0 atom stereocenters. The summed E-state index contributed by atoms with van der Waals surface area (Å²) in [6.07, 6.45) is 1.53. The van der Waals surface area contributed by atoms with Gasteiger partial charge in [-0.15, -0.1) is 0 Å². The first-order valence-electron chi connectivity index (χ1n) is 6.87. The van der Waals surface area contributed by atoms with E-state index in [1.165, 1.54) is 18.3 Å². The zero-order valence-electron chi connectivity index (χ0n) is 12.0. The molecule has 0 fully saturated rings. The Morgan fingerprint density at radius 2 is 1.91 bits per heavy atom. The van der Waals surface area contributed by atoms with Gasteiger partial charge in [-0.05, 0) is 30.7 Å². The van der Waals surface area contributed by atoms with Crippen LogP contribution >= 0.6 is 0 Å². The highest BCUT2D eigenvalue weighted by molar-refractivity contribution is 5.80. The van der Waals surface area contributed by atoms with Gasteiger partial charge < -0.3 is 4.57 Å². The van der Waals surface area contributed by atoms with Crippen molar-refractivity contribution in [3.8, 4) is 6.07 Å². The van der Waals surface area contributed by atoms with Gasteiger partial charge in [0.2, 0.25) is 5.43 Å². The van der Waals surface area contributed by atoms with Gasteiger partial charge in [-0.3, -0.25) is 4.79 Å². The summed E-state index contributed by atoms with van der Waals surface area (Å²) in [5.74, 6) is -0.485. The molecule has 0 bridgehead atoms. The third kappa shape index (κ3) is 2.49. The van der Waals surface area contributed by atoms with E-state index < -0.39 is 11.2 Å². The lowest BCUT2D eigenvalue weighted by Gasteiger charge is -2.12. The fourth-order valence-electron chi connectivity index (χ4n) is 2.47. The van der Waals surface area contributed by atoms with E-state index in [0.717, 1.165) is 11.1 Å². The number of rotatable bonds is 2. The first-order chi connectivity index (χ1) is 10.6. The molecule has 0 aliphatic heterocycles. The Kier molecular flexibility index (Phi) is 3.48. The summed E-state index contributed by atoms with van der Waals surface area (Å²) >= 11 is 0. The Morgan fingerprint density at radius 1 is 1.18 bits per heavy atom. The largest absolute Gasteiger partial charge is 0.341 e. The third-order valence-electron chi connectivity index (χ3n) is 3.64. The van der Waals surface area contributed by atoms with Crippen molar-refractivity contribution in [2.24, 2.45) is 0 Å². The number of aromatic nitrogens is 1. The van der Waals surface area contributed by atoms with E-state index >= 15 is 0 Å². The number of nitrogens with zero attached hydrogens (tertiary/aromatic N) is 2. The van der Waals surface area contributed by atoms with Crippen LogP contribution in [0, 0.1) is 24.1 Å². The van der Waals surface area contributed by atoms with Crippen molar-refractivity contribution in [2.45, 2.75) is 13.5 Å². The quantitative estimate of drug-likeness (QED) is 0.727. The molecule has 22 heavy (non-hydrogen) atoms. The molecule has 0 aliphatic carbocycles. The van der Waals surface area contributed by atoms with Crippen LogP contribution in [-0.4, -0.2) is 4.57 Å². The average Bonchev–Trinajstić information content (AvgIpc) is 2.52. The van der Waals surface area contributed by atoms with E-state index in [1.54, 1.807) is 10.6 Å².